The second-order valence-electron chi connectivity index (χ2n) is 5.96. The number of hydrogen-bond donors (Lipinski definition) is 1. The average Bonchev–Trinajstić information content (AvgIpc) is 2.90. The van der Waals surface area contributed by atoms with Gasteiger partial charge in [0.1, 0.15) is 5.75 Å². The van der Waals surface area contributed by atoms with Crippen LogP contribution in [-0.4, -0.2) is 40.1 Å². The molecule has 0 spiro atoms. The van der Waals surface area contributed by atoms with Gasteiger partial charge < -0.3 is 14.8 Å². The predicted molar refractivity (Wildman–Crippen MR) is 107 cm³/mol. The molecule has 0 fully saturated rings. The average molecular weight is 394 g/mol. The molecular formula is C20H18N4O3S. The third-order valence-corrected chi connectivity index (χ3v) is 4.94. The van der Waals surface area contributed by atoms with E-state index in [1.54, 1.807) is 31.4 Å². The molecule has 0 saturated carbocycles. The number of para-hydroxylation sites is 1. The molecule has 2 aromatic carbocycles. The number of rotatable bonds is 5. The Morgan fingerprint density at radius 1 is 1.18 bits per heavy atom. The molecular weight excluding hydrogens is 376 g/mol. The molecule has 4 rings (SSSR count). The van der Waals surface area contributed by atoms with Crippen molar-refractivity contribution in [2.75, 3.05) is 18.2 Å². The second kappa shape index (κ2) is 7.85. The molecule has 2 heterocycles. The van der Waals surface area contributed by atoms with Crippen LogP contribution in [0.3, 0.4) is 0 Å². The topological polar surface area (TPSA) is 86.2 Å². The fraction of sp³-hybridized carbons (Fsp3) is 0.200. The molecule has 142 valence electrons. The first kappa shape index (κ1) is 18.2. The first-order valence-electron chi connectivity index (χ1n) is 8.78. The van der Waals surface area contributed by atoms with Gasteiger partial charge in [-0.25, -0.2) is 0 Å². The van der Waals surface area contributed by atoms with Gasteiger partial charge in [-0.2, -0.15) is 4.98 Å². The Bertz CT molecular complexity index is 1010. The molecule has 0 bridgehead atoms. The van der Waals surface area contributed by atoms with Crippen LogP contribution >= 0.6 is 11.8 Å². The van der Waals surface area contributed by atoms with E-state index in [1.165, 1.54) is 11.8 Å². The number of thioether (sulfide) groups is 1. The lowest BCUT2D eigenvalue weighted by Crippen LogP contribution is -2.35. The van der Waals surface area contributed by atoms with Crippen LogP contribution in [0.2, 0.25) is 0 Å². The highest BCUT2D eigenvalue weighted by atomic mass is 32.2. The van der Waals surface area contributed by atoms with Crippen molar-refractivity contribution in [3.63, 3.8) is 0 Å². The van der Waals surface area contributed by atoms with E-state index < -0.39 is 6.23 Å². The standard InChI is InChI=1S/C20H18N4O3S/c1-3-28-20-22-18-16(23-24-20)14-6-4-5-7-15(14)21-19(27-18)17(25)12-8-10-13(26-2)11-9-12/h4-11,19,21H,3H2,1-2H3/t19-/m0/s1. The summed E-state index contributed by atoms with van der Waals surface area (Å²) in [5, 5.41) is 12.1. The van der Waals surface area contributed by atoms with Gasteiger partial charge in [-0.15, -0.1) is 10.2 Å². The monoisotopic (exact) mass is 394 g/mol. The van der Waals surface area contributed by atoms with Crippen molar-refractivity contribution in [3.05, 3.63) is 54.1 Å². The van der Waals surface area contributed by atoms with Gasteiger partial charge in [-0.3, -0.25) is 4.79 Å². The number of benzene rings is 2. The molecule has 0 unspecified atom stereocenters. The number of hydrogen-bond acceptors (Lipinski definition) is 8. The summed E-state index contributed by atoms with van der Waals surface area (Å²) >= 11 is 1.46. The maximum Gasteiger partial charge on any atom is 0.247 e. The zero-order valence-electron chi connectivity index (χ0n) is 15.4. The van der Waals surface area contributed by atoms with Gasteiger partial charge in [0.05, 0.1) is 7.11 Å². The molecule has 1 atom stereocenters. The van der Waals surface area contributed by atoms with Crippen molar-refractivity contribution in [1.29, 1.82) is 0 Å². The van der Waals surface area contributed by atoms with Crippen molar-refractivity contribution < 1.29 is 14.3 Å². The molecule has 1 aromatic heterocycles. The van der Waals surface area contributed by atoms with E-state index in [9.17, 15) is 4.79 Å². The van der Waals surface area contributed by atoms with Crippen molar-refractivity contribution in [3.8, 4) is 22.9 Å². The highest BCUT2D eigenvalue weighted by Gasteiger charge is 2.30. The Morgan fingerprint density at radius 2 is 1.96 bits per heavy atom. The number of anilines is 1. The van der Waals surface area contributed by atoms with Gasteiger partial charge >= 0.3 is 0 Å². The molecule has 28 heavy (non-hydrogen) atoms. The Morgan fingerprint density at radius 3 is 2.71 bits per heavy atom. The zero-order chi connectivity index (χ0) is 19.5. The smallest absolute Gasteiger partial charge is 0.247 e. The molecule has 0 saturated heterocycles. The maximum absolute atomic E-state index is 13.1. The largest absolute Gasteiger partial charge is 0.497 e. The van der Waals surface area contributed by atoms with Gasteiger partial charge in [0.25, 0.3) is 0 Å². The van der Waals surface area contributed by atoms with E-state index in [1.807, 2.05) is 31.2 Å². The normalized spacial score (nSPS) is 14.7. The number of ketones is 1. The Balaban J connectivity index is 1.74. The summed E-state index contributed by atoms with van der Waals surface area (Å²) in [6, 6.07) is 14.4. The van der Waals surface area contributed by atoms with Crippen LogP contribution in [0.4, 0.5) is 5.69 Å². The SMILES string of the molecule is CCSc1nnc2c(n1)O[C@@H](C(=O)c1ccc(OC)cc1)Nc1ccccc1-2. The Kier molecular flexibility index (Phi) is 5.12. The first-order valence-corrected chi connectivity index (χ1v) is 9.76. The fourth-order valence-corrected chi connectivity index (χ4v) is 3.37. The Labute approximate surface area is 166 Å². The summed E-state index contributed by atoms with van der Waals surface area (Å²) in [4.78, 5) is 17.6. The summed E-state index contributed by atoms with van der Waals surface area (Å²) in [7, 11) is 1.58. The number of fused-ring (bicyclic) bond motifs is 3. The number of ether oxygens (including phenoxy) is 2. The highest BCUT2D eigenvalue weighted by Crippen LogP contribution is 2.36. The molecule has 0 radical (unpaired) electrons. The lowest BCUT2D eigenvalue weighted by atomic mass is 10.1. The van der Waals surface area contributed by atoms with Crippen LogP contribution in [0.5, 0.6) is 11.6 Å². The number of nitrogens with one attached hydrogen (secondary N) is 1. The van der Waals surface area contributed by atoms with Gasteiger partial charge in [-0.1, -0.05) is 36.9 Å². The molecule has 8 heteroatoms. The molecule has 3 aromatic rings. The molecule has 1 aliphatic heterocycles. The third kappa shape index (κ3) is 3.50. The van der Waals surface area contributed by atoms with Gasteiger partial charge in [0.15, 0.2) is 5.69 Å². The van der Waals surface area contributed by atoms with E-state index in [4.69, 9.17) is 9.47 Å². The minimum atomic E-state index is -0.938. The molecule has 7 nitrogen and oxygen atoms in total. The van der Waals surface area contributed by atoms with Crippen LogP contribution < -0.4 is 14.8 Å². The lowest BCUT2D eigenvalue weighted by molar-refractivity contribution is 0.0823. The van der Waals surface area contributed by atoms with Crippen molar-refractivity contribution in [2.24, 2.45) is 0 Å². The van der Waals surface area contributed by atoms with E-state index >= 15 is 0 Å². The van der Waals surface area contributed by atoms with E-state index in [0.29, 0.717) is 22.2 Å². The minimum Gasteiger partial charge on any atom is -0.497 e. The number of aromatic nitrogens is 3. The quantitative estimate of drug-likeness (QED) is 0.518. The number of Topliss-reactive ketones (excluding diaryl/α,β-unsaturated/α-hetero) is 1. The maximum atomic E-state index is 13.1. The summed E-state index contributed by atoms with van der Waals surface area (Å²) in [6.45, 7) is 2.01. The molecule has 1 N–H and O–H groups in total. The summed E-state index contributed by atoms with van der Waals surface area (Å²) in [6.07, 6.45) is -0.938. The summed E-state index contributed by atoms with van der Waals surface area (Å²) in [5.74, 6) is 1.56. The minimum absolute atomic E-state index is 0.214. The number of nitrogens with zero attached hydrogens (tertiary/aromatic N) is 3. The van der Waals surface area contributed by atoms with Gasteiger partial charge in [0, 0.05) is 16.8 Å². The predicted octanol–water partition coefficient (Wildman–Crippen LogP) is 3.67. The number of carbonyl (C=O) groups excluding carboxylic acids is 1. The lowest BCUT2D eigenvalue weighted by Gasteiger charge is -2.18. The van der Waals surface area contributed by atoms with Crippen LogP contribution in [0, 0.1) is 0 Å². The van der Waals surface area contributed by atoms with Gasteiger partial charge in [0.2, 0.25) is 23.0 Å². The van der Waals surface area contributed by atoms with Crippen LogP contribution in [0.1, 0.15) is 17.3 Å². The number of methoxy groups -OCH3 is 1. The van der Waals surface area contributed by atoms with Crippen LogP contribution in [0.15, 0.2) is 53.7 Å². The van der Waals surface area contributed by atoms with Gasteiger partial charge in [-0.05, 0) is 36.1 Å². The van der Waals surface area contributed by atoms with E-state index in [-0.39, 0.29) is 11.7 Å². The zero-order valence-corrected chi connectivity index (χ0v) is 16.2. The second-order valence-corrected chi connectivity index (χ2v) is 7.19. The Hall–Kier alpha value is -3.13. The van der Waals surface area contributed by atoms with Crippen molar-refractivity contribution >= 4 is 23.2 Å². The van der Waals surface area contributed by atoms with E-state index in [0.717, 1.165) is 17.0 Å². The van der Waals surface area contributed by atoms with Crippen LogP contribution in [-0.2, 0) is 0 Å². The van der Waals surface area contributed by atoms with Crippen molar-refractivity contribution in [1.82, 2.24) is 15.2 Å². The summed E-state index contributed by atoms with van der Waals surface area (Å²) in [5.41, 5.74) is 2.54. The molecule has 1 aliphatic rings. The third-order valence-electron chi connectivity index (χ3n) is 4.22. The molecule has 0 amide bonds. The first-order chi connectivity index (χ1) is 13.7. The highest BCUT2D eigenvalue weighted by molar-refractivity contribution is 7.99. The molecule has 0 aliphatic carbocycles. The van der Waals surface area contributed by atoms with Crippen molar-refractivity contribution in [2.45, 2.75) is 18.3 Å². The summed E-state index contributed by atoms with van der Waals surface area (Å²) < 4.78 is 11.1. The van der Waals surface area contributed by atoms with E-state index in [2.05, 4.69) is 20.5 Å². The fourth-order valence-electron chi connectivity index (χ4n) is 2.86. The number of carbonyl (C=O) groups is 1. The van der Waals surface area contributed by atoms with Crippen LogP contribution in [0.25, 0.3) is 11.3 Å².